The lowest BCUT2D eigenvalue weighted by Crippen LogP contribution is -2.31. The van der Waals surface area contributed by atoms with Crippen LogP contribution in [-0.2, 0) is 9.53 Å². The first kappa shape index (κ1) is 9.00. The molecule has 0 unspecified atom stereocenters. The summed E-state index contributed by atoms with van der Waals surface area (Å²) in [5.74, 6) is 0.627. The Kier molecular flexibility index (Phi) is 2.28. The average Bonchev–Trinajstić information content (AvgIpc) is 2.25. The highest BCUT2D eigenvalue weighted by Crippen LogP contribution is 2.35. The van der Waals surface area contributed by atoms with Gasteiger partial charge in [0.15, 0.2) is 0 Å². The quantitative estimate of drug-likeness (QED) is 0.569. The van der Waals surface area contributed by atoms with Crippen LogP contribution in [0.1, 0.15) is 26.2 Å². The molecule has 0 spiro atoms. The topological polar surface area (TPSA) is 29.5 Å². The Morgan fingerprint density at radius 1 is 1.38 bits per heavy atom. The highest BCUT2D eigenvalue weighted by atomic mass is 16.5. The van der Waals surface area contributed by atoms with Gasteiger partial charge in [0.05, 0.1) is 0 Å². The molecule has 0 N–H and O–H groups in total. The predicted octanol–water partition coefficient (Wildman–Crippen LogP) is 1.03. The third-order valence-electron chi connectivity index (χ3n) is 3.24. The number of ether oxygens (including phenoxy) is 1. The number of rotatable bonds is 1. The molecule has 0 aromatic heterocycles. The Hall–Kier alpha value is -0.570. The Balaban J connectivity index is 1.93. The molecule has 2 fully saturated rings. The van der Waals surface area contributed by atoms with E-state index in [2.05, 4.69) is 11.9 Å². The molecule has 13 heavy (non-hydrogen) atoms. The second-order valence-corrected chi connectivity index (χ2v) is 4.40. The maximum atomic E-state index is 10.8. The molecule has 74 valence electrons. The minimum atomic E-state index is -0.131. The molecule has 3 heteroatoms. The van der Waals surface area contributed by atoms with Crippen LogP contribution in [0.4, 0.5) is 0 Å². The summed E-state index contributed by atoms with van der Waals surface area (Å²) in [5, 5.41) is 0. The summed E-state index contributed by atoms with van der Waals surface area (Å²) in [5.41, 5.74) is 0. The molecule has 1 saturated heterocycles. The SMILES string of the molecule is CC(=O)O[C@H]1C[C@H]2C[C@@H](C1)N(C)C2. The predicted molar refractivity (Wildman–Crippen MR) is 49.3 cm³/mol. The van der Waals surface area contributed by atoms with E-state index in [-0.39, 0.29) is 12.1 Å². The van der Waals surface area contributed by atoms with E-state index in [4.69, 9.17) is 4.74 Å². The lowest BCUT2D eigenvalue weighted by molar-refractivity contribution is -0.148. The fourth-order valence-electron chi connectivity index (χ4n) is 2.74. The van der Waals surface area contributed by atoms with Crippen molar-refractivity contribution in [2.75, 3.05) is 13.6 Å². The largest absolute Gasteiger partial charge is 0.462 e. The van der Waals surface area contributed by atoms with Gasteiger partial charge in [0.2, 0.25) is 0 Å². The van der Waals surface area contributed by atoms with Gasteiger partial charge in [0.25, 0.3) is 0 Å². The molecule has 0 radical (unpaired) electrons. The monoisotopic (exact) mass is 183 g/mol. The van der Waals surface area contributed by atoms with Crippen LogP contribution in [0.15, 0.2) is 0 Å². The molecule has 0 amide bonds. The minimum absolute atomic E-state index is 0.131. The van der Waals surface area contributed by atoms with Crippen molar-refractivity contribution < 1.29 is 9.53 Å². The molecule has 1 aliphatic heterocycles. The molecule has 1 aliphatic carbocycles. The van der Waals surface area contributed by atoms with Gasteiger partial charge in [-0.2, -0.15) is 0 Å². The highest BCUT2D eigenvalue weighted by Gasteiger charge is 2.38. The van der Waals surface area contributed by atoms with Crippen LogP contribution in [0.25, 0.3) is 0 Å². The Bertz CT molecular complexity index is 215. The number of nitrogens with zero attached hydrogens (tertiary/aromatic N) is 1. The molecule has 0 aromatic carbocycles. The molecule has 0 aromatic rings. The molecule has 2 rings (SSSR count). The number of carbonyl (C=O) groups is 1. The van der Waals surface area contributed by atoms with Crippen molar-refractivity contribution in [2.24, 2.45) is 5.92 Å². The summed E-state index contributed by atoms with van der Waals surface area (Å²) < 4.78 is 5.25. The molecule has 1 heterocycles. The van der Waals surface area contributed by atoms with Gasteiger partial charge >= 0.3 is 5.97 Å². The lowest BCUT2D eigenvalue weighted by atomic mass is 9.88. The summed E-state index contributed by atoms with van der Waals surface area (Å²) in [7, 11) is 2.17. The first-order valence-corrected chi connectivity index (χ1v) is 5.02. The van der Waals surface area contributed by atoms with Gasteiger partial charge in [0, 0.05) is 19.5 Å². The normalized spacial score (nSPS) is 39.1. The van der Waals surface area contributed by atoms with Gasteiger partial charge in [-0.3, -0.25) is 4.79 Å². The second kappa shape index (κ2) is 3.29. The number of likely N-dealkylation sites (tertiary alicyclic amines) is 1. The molecular weight excluding hydrogens is 166 g/mol. The van der Waals surface area contributed by atoms with Gasteiger partial charge in [0.1, 0.15) is 6.10 Å². The maximum absolute atomic E-state index is 10.8. The number of carbonyl (C=O) groups excluding carboxylic acids is 1. The third-order valence-corrected chi connectivity index (χ3v) is 3.24. The molecule has 2 bridgehead atoms. The van der Waals surface area contributed by atoms with E-state index in [1.165, 1.54) is 19.9 Å². The number of fused-ring (bicyclic) bond motifs is 2. The summed E-state index contributed by atoms with van der Waals surface area (Å²) in [4.78, 5) is 13.2. The fourth-order valence-corrected chi connectivity index (χ4v) is 2.74. The summed E-state index contributed by atoms with van der Waals surface area (Å²) >= 11 is 0. The number of esters is 1. The van der Waals surface area contributed by atoms with Crippen LogP contribution in [0.5, 0.6) is 0 Å². The van der Waals surface area contributed by atoms with Crippen LogP contribution in [-0.4, -0.2) is 36.6 Å². The van der Waals surface area contributed by atoms with Gasteiger partial charge in [-0.15, -0.1) is 0 Å². The lowest BCUT2D eigenvalue weighted by Gasteiger charge is -2.27. The van der Waals surface area contributed by atoms with E-state index < -0.39 is 0 Å². The summed E-state index contributed by atoms with van der Waals surface area (Å²) in [6, 6.07) is 0.656. The molecule has 1 saturated carbocycles. The first-order valence-electron chi connectivity index (χ1n) is 5.02. The standard InChI is InChI=1S/C10H17NO2/c1-7(12)13-10-4-8-3-9(5-10)11(2)6-8/h8-10H,3-6H2,1-2H3/t8-,9+,10+/m1/s1. The smallest absolute Gasteiger partial charge is 0.302 e. The van der Waals surface area contributed by atoms with Crippen LogP contribution in [0, 0.1) is 5.92 Å². The van der Waals surface area contributed by atoms with Crippen molar-refractivity contribution in [3.8, 4) is 0 Å². The third kappa shape index (κ3) is 1.85. The summed E-state index contributed by atoms with van der Waals surface area (Å²) in [6.45, 7) is 2.68. The van der Waals surface area contributed by atoms with Crippen molar-refractivity contribution in [3.63, 3.8) is 0 Å². The Morgan fingerprint density at radius 2 is 2.15 bits per heavy atom. The van der Waals surface area contributed by atoms with E-state index in [1.807, 2.05) is 0 Å². The number of hydrogen-bond acceptors (Lipinski definition) is 3. The zero-order valence-corrected chi connectivity index (χ0v) is 8.32. The average molecular weight is 183 g/mol. The first-order chi connectivity index (χ1) is 6.15. The van der Waals surface area contributed by atoms with Gasteiger partial charge in [-0.1, -0.05) is 0 Å². The van der Waals surface area contributed by atoms with Crippen molar-refractivity contribution in [1.29, 1.82) is 0 Å². The maximum Gasteiger partial charge on any atom is 0.302 e. The van der Waals surface area contributed by atoms with E-state index >= 15 is 0 Å². The van der Waals surface area contributed by atoms with Crippen molar-refractivity contribution in [2.45, 2.75) is 38.3 Å². The van der Waals surface area contributed by atoms with Crippen molar-refractivity contribution in [1.82, 2.24) is 4.90 Å². The van der Waals surface area contributed by atoms with E-state index in [9.17, 15) is 4.79 Å². The minimum Gasteiger partial charge on any atom is -0.462 e. The zero-order chi connectivity index (χ0) is 9.42. The fraction of sp³-hybridized carbons (Fsp3) is 0.900. The molecule has 2 aliphatic rings. The Morgan fingerprint density at radius 3 is 2.77 bits per heavy atom. The van der Waals surface area contributed by atoms with Gasteiger partial charge < -0.3 is 9.64 Å². The van der Waals surface area contributed by atoms with E-state index in [0.29, 0.717) is 6.04 Å². The van der Waals surface area contributed by atoms with Crippen molar-refractivity contribution >= 4 is 5.97 Å². The molecule has 3 nitrogen and oxygen atoms in total. The van der Waals surface area contributed by atoms with Crippen LogP contribution >= 0.6 is 0 Å². The van der Waals surface area contributed by atoms with Crippen LogP contribution in [0.3, 0.4) is 0 Å². The molecule has 3 atom stereocenters. The molecular formula is C10H17NO2. The second-order valence-electron chi connectivity index (χ2n) is 4.40. The highest BCUT2D eigenvalue weighted by molar-refractivity contribution is 5.66. The zero-order valence-electron chi connectivity index (χ0n) is 8.32. The van der Waals surface area contributed by atoms with Crippen molar-refractivity contribution in [3.05, 3.63) is 0 Å². The van der Waals surface area contributed by atoms with Crippen LogP contribution < -0.4 is 0 Å². The van der Waals surface area contributed by atoms with E-state index in [0.717, 1.165) is 18.8 Å². The van der Waals surface area contributed by atoms with E-state index in [1.54, 1.807) is 0 Å². The van der Waals surface area contributed by atoms with Gasteiger partial charge in [-0.25, -0.2) is 0 Å². The van der Waals surface area contributed by atoms with Crippen LogP contribution in [0.2, 0.25) is 0 Å². The number of hydrogen-bond donors (Lipinski definition) is 0. The summed E-state index contributed by atoms with van der Waals surface area (Å²) in [6.07, 6.45) is 3.59. The van der Waals surface area contributed by atoms with Gasteiger partial charge in [-0.05, 0) is 32.2 Å². The Labute approximate surface area is 79.0 Å².